The Morgan fingerprint density at radius 3 is 2.63 bits per heavy atom. The average Bonchev–Trinajstić information content (AvgIpc) is 2.77. The molecular formula is C22H26N2O6. The van der Waals surface area contributed by atoms with Gasteiger partial charge in [0.2, 0.25) is 0 Å². The fourth-order valence-corrected chi connectivity index (χ4v) is 3.48. The van der Waals surface area contributed by atoms with Crippen molar-refractivity contribution in [2.24, 2.45) is 5.92 Å². The maximum Gasteiger partial charge on any atom is 0.408 e. The van der Waals surface area contributed by atoms with Crippen LogP contribution in [0.4, 0.5) is 10.5 Å². The quantitative estimate of drug-likeness (QED) is 0.785. The molecule has 1 heterocycles. The van der Waals surface area contributed by atoms with E-state index in [4.69, 9.17) is 9.47 Å². The number of amides is 2. The lowest BCUT2D eigenvalue weighted by Crippen LogP contribution is -2.58. The van der Waals surface area contributed by atoms with Gasteiger partial charge in [0, 0.05) is 5.92 Å². The molecule has 160 valence electrons. The second-order valence-electron chi connectivity index (χ2n) is 8.20. The highest BCUT2D eigenvalue weighted by atomic mass is 16.6. The summed E-state index contributed by atoms with van der Waals surface area (Å²) in [6, 6.07) is 5.62. The van der Waals surface area contributed by atoms with E-state index in [1.54, 1.807) is 45.0 Å². The first kappa shape index (κ1) is 21.4. The van der Waals surface area contributed by atoms with Gasteiger partial charge in [-0.2, -0.15) is 0 Å². The zero-order chi connectivity index (χ0) is 21.9. The lowest BCUT2D eigenvalue weighted by Gasteiger charge is -2.32. The van der Waals surface area contributed by atoms with Gasteiger partial charge in [-0.05, 0) is 39.3 Å². The molecule has 0 bridgehead atoms. The van der Waals surface area contributed by atoms with Crippen LogP contribution < -0.4 is 15.0 Å². The molecule has 8 heteroatoms. The number of ether oxygens (including phenoxy) is 2. The number of carbonyl (C=O) groups excluding carboxylic acids is 2. The van der Waals surface area contributed by atoms with Gasteiger partial charge >= 0.3 is 12.1 Å². The van der Waals surface area contributed by atoms with Crippen LogP contribution in [0.1, 0.15) is 27.2 Å². The minimum atomic E-state index is -1.17. The van der Waals surface area contributed by atoms with Crippen molar-refractivity contribution in [3.8, 4) is 5.75 Å². The SMILES string of the molecule is CC(C)(C)OC(=O)N[C@H]1C(=O)N(CC(=O)O)c2ccccc2O[C@H]1C1C=CC=CC1. The minimum absolute atomic E-state index is 0.197. The van der Waals surface area contributed by atoms with E-state index in [-0.39, 0.29) is 5.92 Å². The lowest BCUT2D eigenvalue weighted by molar-refractivity contribution is -0.137. The molecule has 8 nitrogen and oxygen atoms in total. The molecule has 2 amide bonds. The van der Waals surface area contributed by atoms with Crippen molar-refractivity contribution in [1.29, 1.82) is 0 Å². The Balaban J connectivity index is 2.01. The van der Waals surface area contributed by atoms with Gasteiger partial charge in [0.15, 0.2) is 0 Å². The van der Waals surface area contributed by atoms with E-state index in [2.05, 4.69) is 5.32 Å². The number of rotatable bonds is 4. The van der Waals surface area contributed by atoms with Crippen molar-refractivity contribution in [1.82, 2.24) is 5.32 Å². The fourth-order valence-electron chi connectivity index (χ4n) is 3.48. The Morgan fingerprint density at radius 1 is 1.27 bits per heavy atom. The number of para-hydroxylation sites is 2. The zero-order valence-electron chi connectivity index (χ0n) is 17.2. The van der Waals surface area contributed by atoms with Crippen molar-refractivity contribution < 1.29 is 29.0 Å². The first-order valence-electron chi connectivity index (χ1n) is 9.77. The number of hydrogen-bond donors (Lipinski definition) is 2. The van der Waals surface area contributed by atoms with Crippen LogP contribution in [0.15, 0.2) is 48.6 Å². The molecule has 0 radical (unpaired) electrons. The largest absolute Gasteiger partial charge is 0.485 e. The van der Waals surface area contributed by atoms with Crippen molar-refractivity contribution in [2.75, 3.05) is 11.4 Å². The number of carboxylic acid groups (broad SMARTS) is 1. The molecule has 3 rings (SSSR count). The molecule has 1 aromatic rings. The summed E-state index contributed by atoms with van der Waals surface area (Å²) in [5, 5.41) is 12.0. The number of aliphatic carboxylic acids is 1. The molecule has 0 fully saturated rings. The average molecular weight is 414 g/mol. The summed E-state index contributed by atoms with van der Waals surface area (Å²) in [6.07, 6.45) is 6.72. The van der Waals surface area contributed by atoms with Crippen LogP contribution in [0.3, 0.4) is 0 Å². The van der Waals surface area contributed by atoms with Crippen LogP contribution in [0, 0.1) is 5.92 Å². The first-order chi connectivity index (χ1) is 14.2. The monoisotopic (exact) mass is 414 g/mol. The summed E-state index contributed by atoms with van der Waals surface area (Å²) in [5.74, 6) is -1.56. The predicted octanol–water partition coefficient (Wildman–Crippen LogP) is 2.89. The third kappa shape index (κ3) is 5.00. The Hall–Kier alpha value is -3.29. The van der Waals surface area contributed by atoms with E-state index in [0.29, 0.717) is 17.9 Å². The number of anilines is 1. The van der Waals surface area contributed by atoms with Gasteiger partial charge in [0.05, 0.1) is 5.69 Å². The molecule has 0 aromatic heterocycles. The number of hydrogen-bond acceptors (Lipinski definition) is 5. The lowest BCUT2D eigenvalue weighted by atomic mass is 9.89. The Bertz CT molecular complexity index is 886. The van der Waals surface area contributed by atoms with Gasteiger partial charge in [0.25, 0.3) is 5.91 Å². The fraction of sp³-hybridized carbons (Fsp3) is 0.409. The smallest absolute Gasteiger partial charge is 0.408 e. The summed E-state index contributed by atoms with van der Waals surface area (Å²) in [5.41, 5.74) is -0.412. The third-order valence-corrected chi connectivity index (χ3v) is 4.68. The molecule has 1 aliphatic heterocycles. The van der Waals surface area contributed by atoms with Crippen LogP contribution in [0.2, 0.25) is 0 Å². The van der Waals surface area contributed by atoms with Gasteiger partial charge in [-0.25, -0.2) is 4.79 Å². The second kappa shape index (κ2) is 8.61. The van der Waals surface area contributed by atoms with E-state index >= 15 is 0 Å². The van der Waals surface area contributed by atoms with Gasteiger partial charge in [-0.15, -0.1) is 0 Å². The second-order valence-corrected chi connectivity index (χ2v) is 8.20. The maximum atomic E-state index is 13.5. The normalized spacial score (nSPS) is 23.2. The summed E-state index contributed by atoms with van der Waals surface area (Å²) >= 11 is 0. The number of carboxylic acids is 1. The molecule has 0 saturated carbocycles. The van der Waals surface area contributed by atoms with Crippen LogP contribution in [0.25, 0.3) is 0 Å². The molecule has 3 atom stereocenters. The molecule has 0 spiro atoms. The Kier molecular flexibility index (Phi) is 6.14. The van der Waals surface area contributed by atoms with Crippen molar-refractivity contribution in [3.05, 3.63) is 48.6 Å². The summed E-state index contributed by atoms with van der Waals surface area (Å²) in [4.78, 5) is 38.6. The zero-order valence-corrected chi connectivity index (χ0v) is 17.2. The molecule has 0 saturated heterocycles. The Labute approximate surface area is 175 Å². The van der Waals surface area contributed by atoms with E-state index < -0.39 is 42.3 Å². The Morgan fingerprint density at radius 2 is 2.00 bits per heavy atom. The van der Waals surface area contributed by atoms with Crippen molar-refractivity contribution in [2.45, 2.75) is 44.9 Å². The summed E-state index contributed by atoms with van der Waals surface area (Å²) in [6.45, 7) is 4.60. The molecule has 2 N–H and O–H groups in total. The van der Waals surface area contributed by atoms with E-state index in [0.717, 1.165) is 4.90 Å². The molecule has 2 aliphatic rings. The number of allylic oxidation sites excluding steroid dienone is 3. The summed E-state index contributed by atoms with van der Waals surface area (Å²) < 4.78 is 11.5. The van der Waals surface area contributed by atoms with Crippen LogP contribution in [-0.2, 0) is 14.3 Å². The first-order valence-corrected chi connectivity index (χ1v) is 9.77. The number of fused-ring (bicyclic) bond motifs is 1. The van der Waals surface area contributed by atoms with E-state index in [1.165, 1.54) is 0 Å². The van der Waals surface area contributed by atoms with Gasteiger partial charge in [-0.3, -0.25) is 14.5 Å². The standard InChI is InChI=1S/C22H26N2O6/c1-22(2,3)30-21(28)23-18-19(14-9-5-4-6-10-14)29-16-12-8-7-11-15(16)24(20(18)27)13-17(25)26/h4-9,11-12,14,18-19H,10,13H2,1-3H3,(H,23,28)(H,25,26)/t14?,18-,19+/m1/s1. The summed E-state index contributed by atoms with van der Waals surface area (Å²) in [7, 11) is 0. The highest BCUT2D eigenvalue weighted by Crippen LogP contribution is 2.36. The number of carbonyl (C=O) groups is 3. The number of nitrogens with one attached hydrogen (secondary N) is 1. The highest BCUT2D eigenvalue weighted by molar-refractivity contribution is 6.03. The van der Waals surface area contributed by atoms with Crippen LogP contribution in [0.5, 0.6) is 5.75 Å². The van der Waals surface area contributed by atoms with Crippen molar-refractivity contribution in [3.63, 3.8) is 0 Å². The van der Waals surface area contributed by atoms with Crippen LogP contribution >= 0.6 is 0 Å². The predicted molar refractivity (Wildman–Crippen MR) is 110 cm³/mol. The van der Waals surface area contributed by atoms with Crippen LogP contribution in [-0.4, -0.2) is 47.4 Å². The van der Waals surface area contributed by atoms with E-state index in [9.17, 15) is 19.5 Å². The van der Waals surface area contributed by atoms with E-state index in [1.807, 2.05) is 24.3 Å². The number of benzene rings is 1. The van der Waals surface area contributed by atoms with Gasteiger partial charge in [0.1, 0.15) is 30.0 Å². The van der Waals surface area contributed by atoms with Crippen molar-refractivity contribution >= 4 is 23.7 Å². The number of nitrogens with zero attached hydrogens (tertiary/aromatic N) is 1. The molecule has 1 aromatic carbocycles. The highest BCUT2D eigenvalue weighted by Gasteiger charge is 2.43. The number of alkyl carbamates (subject to hydrolysis) is 1. The molecule has 1 unspecified atom stereocenters. The molecular weight excluding hydrogens is 388 g/mol. The van der Waals surface area contributed by atoms with Gasteiger partial charge in [-0.1, -0.05) is 36.4 Å². The topological polar surface area (TPSA) is 105 Å². The molecule has 30 heavy (non-hydrogen) atoms. The third-order valence-electron chi connectivity index (χ3n) is 4.68. The minimum Gasteiger partial charge on any atom is -0.485 e. The maximum absolute atomic E-state index is 13.5. The van der Waals surface area contributed by atoms with Gasteiger partial charge < -0.3 is 19.9 Å². The molecule has 1 aliphatic carbocycles.